The molecule has 0 unspecified atom stereocenters. The minimum Gasteiger partial charge on any atom is -0.451 e. The van der Waals surface area contributed by atoms with Crippen LogP contribution in [0.2, 0.25) is 0 Å². The minimum atomic E-state index is -0.320. The maximum atomic E-state index is 12.1. The van der Waals surface area contributed by atoms with Crippen LogP contribution in [0.25, 0.3) is 11.0 Å². The first-order valence-corrected chi connectivity index (χ1v) is 6.78. The van der Waals surface area contributed by atoms with Crippen molar-refractivity contribution < 1.29 is 9.21 Å². The number of hydrogen-bond acceptors (Lipinski definition) is 4. The molecule has 0 radical (unpaired) electrons. The van der Waals surface area contributed by atoms with Crippen LogP contribution in [0.5, 0.6) is 0 Å². The van der Waals surface area contributed by atoms with Gasteiger partial charge in [-0.15, -0.1) is 0 Å². The first kappa shape index (κ1) is 12.9. The predicted molar refractivity (Wildman–Crippen MR) is 75.8 cm³/mol. The maximum Gasteiger partial charge on any atom is 0.287 e. The van der Waals surface area contributed by atoms with E-state index in [1.165, 1.54) is 6.07 Å². The number of carbonyl (C=O) groups excluding carboxylic acids is 1. The summed E-state index contributed by atoms with van der Waals surface area (Å²) in [7, 11) is 0. The molecule has 3 rings (SSSR count). The SMILES string of the molecule is O=C(NC1CCNCC1)c1cc(=O)c2ccccc2o1. The Bertz CT molecular complexity index is 687. The van der Waals surface area contributed by atoms with Crippen LogP contribution in [0.15, 0.2) is 39.5 Å². The number of carbonyl (C=O) groups is 1. The normalized spacial score (nSPS) is 16.2. The number of amides is 1. The number of benzene rings is 1. The second-order valence-electron chi connectivity index (χ2n) is 4.97. The topological polar surface area (TPSA) is 71.3 Å². The smallest absolute Gasteiger partial charge is 0.287 e. The lowest BCUT2D eigenvalue weighted by Crippen LogP contribution is -2.42. The Hall–Kier alpha value is -2.14. The Kier molecular flexibility index (Phi) is 3.52. The van der Waals surface area contributed by atoms with Gasteiger partial charge >= 0.3 is 0 Å². The second kappa shape index (κ2) is 5.46. The number of nitrogens with one attached hydrogen (secondary N) is 2. The van der Waals surface area contributed by atoms with Crippen LogP contribution in [0.3, 0.4) is 0 Å². The van der Waals surface area contributed by atoms with Gasteiger partial charge in [-0.1, -0.05) is 12.1 Å². The molecule has 2 heterocycles. The molecule has 0 saturated carbocycles. The van der Waals surface area contributed by atoms with Crippen LogP contribution >= 0.6 is 0 Å². The molecular weight excluding hydrogens is 256 g/mol. The van der Waals surface area contributed by atoms with Crippen molar-refractivity contribution >= 4 is 16.9 Å². The molecule has 2 aromatic rings. The quantitative estimate of drug-likeness (QED) is 0.863. The zero-order chi connectivity index (χ0) is 13.9. The van der Waals surface area contributed by atoms with Gasteiger partial charge in [0.05, 0.1) is 5.39 Å². The molecule has 5 nitrogen and oxygen atoms in total. The molecular formula is C15H16N2O3. The molecule has 20 heavy (non-hydrogen) atoms. The number of fused-ring (bicyclic) bond motifs is 1. The standard InChI is InChI=1S/C15H16N2O3/c18-12-9-14(20-13-4-2-1-3-11(12)13)15(19)17-10-5-7-16-8-6-10/h1-4,9-10,16H,5-8H2,(H,17,19). The van der Waals surface area contributed by atoms with Gasteiger partial charge in [0.25, 0.3) is 5.91 Å². The van der Waals surface area contributed by atoms with E-state index in [9.17, 15) is 9.59 Å². The van der Waals surface area contributed by atoms with E-state index in [4.69, 9.17) is 4.42 Å². The third-order valence-electron chi connectivity index (χ3n) is 3.53. The average molecular weight is 272 g/mol. The van der Waals surface area contributed by atoms with E-state index in [1.807, 2.05) is 0 Å². The molecule has 1 aliphatic heterocycles. The highest BCUT2D eigenvalue weighted by Gasteiger charge is 2.18. The molecule has 0 bridgehead atoms. The maximum absolute atomic E-state index is 12.1. The van der Waals surface area contributed by atoms with Crippen LogP contribution in [-0.2, 0) is 0 Å². The fraction of sp³-hybridized carbons (Fsp3) is 0.333. The van der Waals surface area contributed by atoms with Gasteiger partial charge in [0.15, 0.2) is 11.2 Å². The second-order valence-corrected chi connectivity index (χ2v) is 4.97. The molecule has 2 N–H and O–H groups in total. The Morgan fingerprint density at radius 3 is 2.80 bits per heavy atom. The molecule has 1 aromatic carbocycles. The van der Waals surface area contributed by atoms with Gasteiger partial charge in [0, 0.05) is 12.1 Å². The Morgan fingerprint density at radius 1 is 1.25 bits per heavy atom. The fourth-order valence-electron chi connectivity index (χ4n) is 2.44. The summed E-state index contributed by atoms with van der Waals surface area (Å²) in [6.07, 6.45) is 1.78. The van der Waals surface area contributed by atoms with E-state index in [1.54, 1.807) is 24.3 Å². The third kappa shape index (κ3) is 2.58. The highest BCUT2D eigenvalue weighted by atomic mass is 16.3. The highest BCUT2D eigenvalue weighted by molar-refractivity contribution is 5.93. The summed E-state index contributed by atoms with van der Waals surface area (Å²) in [6.45, 7) is 1.79. The molecule has 5 heteroatoms. The highest BCUT2D eigenvalue weighted by Crippen LogP contribution is 2.12. The van der Waals surface area contributed by atoms with Gasteiger partial charge in [-0.25, -0.2) is 0 Å². The van der Waals surface area contributed by atoms with E-state index in [2.05, 4.69) is 10.6 Å². The minimum absolute atomic E-state index is 0.0761. The van der Waals surface area contributed by atoms with Crippen molar-refractivity contribution in [2.45, 2.75) is 18.9 Å². The summed E-state index contributed by atoms with van der Waals surface area (Å²) in [5.74, 6) is -0.244. The Labute approximate surface area is 116 Å². The Balaban J connectivity index is 1.86. The van der Waals surface area contributed by atoms with Crippen molar-refractivity contribution in [3.63, 3.8) is 0 Å². The van der Waals surface area contributed by atoms with Crippen molar-refractivity contribution in [2.24, 2.45) is 0 Å². The van der Waals surface area contributed by atoms with Gasteiger partial charge in [-0.3, -0.25) is 9.59 Å². The summed E-state index contributed by atoms with van der Waals surface area (Å²) in [5, 5.41) is 6.64. The zero-order valence-electron chi connectivity index (χ0n) is 11.0. The van der Waals surface area contributed by atoms with Crippen molar-refractivity contribution in [2.75, 3.05) is 13.1 Å². The van der Waals surface area contributed by atoms with E-state index in [0.29, 0.717) is 11.0 Å². The molecule has 1 aliphatic rings. The number of rotatable bonds is 2. The molecule has 1 amide bonds. The molecule has 0 atom stereocenters. The lowest BCUT2D eigenvalue weighted by atomic mass is 10.1. The predicted octanol–water partition coefficient (Wildman–Crippen LogP) is 1.27. The van der Waals surface area contributed by atoms with Crippen LogP contribution in [-0.4, -0.2) is 25.0 Å². The first-order chi connectivity index (χ1) is 9.74. The van der Waals surface area contributed by atoms with Gasteiger partial charge in [-0.05, 0) is 38.1 Å². The number of para-hydroxylation sites is 1. The van der Waals surface area contributed by atoms with E-state index in [0.717, 1.165) is 25.9 Å². The van der Waals surface area contributed by atoms with Gasteiger partial charge in [-0.2, -0.15) is 0 Å². The number of hydrogen-bond donors (Lipinski definition) is 2. The molecule has 1 aromatic heterocycles. The van der Waals surface area contributed by atoms with Crippen molar-refractivity contribution in [3.8, 4) is 0 Å². The summed E-state index contributed by atoms with van der Waals surface area (Å²) in [4.78, 5) is 24.1. The molecule has 104 valence electrons. The molecule has 1 saturated heterocycles. The summed E-state index contributed by atoms with van der Waals surface area (Å²) >= 11 is 0. The zero-order valence-corrected chi connectivity index (χ0v) is 11.0. The summed E-state index contributed by atoms with van der Waals surface area (Å²) in [5.41, 5.74) is 0.248. The van der Waals surface area contributed by atoms with Crippen LogP contribution in [0, 0.1) is 0 Å². The van der Waals surface area contributed by atoms with E-state index < -0.39 is 0 Å². The van der Waals surface area contributed by atoms with Crippen LogP contribution < -0.4 is 16.1 Å². The Morgan fingerprint density at radius 2 is 2.00 bits per heavy atom. The lowest BCUT2D eigenvalue weighted by molar-refractivity contribution is 0.0902. The van der Waals surface area contributed by atoms with Gasteiger partial charge < -0.3 is 15.1 Å². The lowest BCUT2D eigenvalue weighted by Gasteiger charge is -2.23. The van der Waals surface area contributed by atoms with Crippen molar-refractivity contribution in [1.82, 2.24) is 10.6 Å². The van der Waals surface area contributed by atoms with Crippen LogP contribution in [0.4, 0.5) is 0 Å². The first-order valence-electron chi connectivity index (χ1n) is 6.78. The van der Waals surface area contributed by atoms with Crippen LogP contribution in [0.1, 0.15) is 23.4 Å². The van der Waals surface area contributed by atoms with E-state index >= 15 is 0 Å². The fourth-order valence-corrected chi connectivity index (χ4v) is 2.44. The molecule has 0 spiro atoms. The summed E-state index contributed by atoms with van der Waals surface area (Å²) in [6, 6.07) is 8.33. The van der Waals surface area contributed by atoms with Crippen molar-refractivity contribution in [3.05, 3.63) is 46.3 Å². The molecule has 1 fully saturated rings. The van der Waals surface area contributed by atoms with Gasteiger partial charge in [0.2, 0.25) is 0 Å². The summed E-state index contributed by atoms with van der Waals surface area (Å²) < 4.78 is 5.52. The monoisotopic (exact) mass is 272 g/mol. The number of piperidine rings is 1. The van der Waals surface area contributed by atoms with E-state index in [-0.39, 0.29) is 23.1 Å². The average Bonchev–Trinajstić information content (AvgIpc) is 2.48. The van der Waals surface area contributed by atoms with Crippen molar-refractivity contribution in [1.29, 1.82) is 0 Å². The third-order valence-corrected chi connectivity index (χ3v) is 3.53. The van der Waals surface area contributed by atoms with Gasteiger partial charge in [0.1, 0.15) is 5.58 Å². The largest absolute Gasteiger partial charge is 0.451 e. The molecule has 0 aliphatic carbocycles.